The van der Waals surface area contributed by atoms with Gasteiger partial charge in [0.15, 0.2) is 6.04 Å². The van der Waals surface area contributed by atoms with Crippen LogP contribution in [-0.4, -0.2) is 78.9 Å². The molecule has 3 aliphatic rings. The maximum atomic E-state index is 14.0. The van der Waals surface area contributed by atoms with Crippen molar-refractivity contribution in [2.75, 3.05) is 38.1 Å². The summed E-state index contributed by atoms with van der Waals surface area (Å²) < 4.78 is 42.1. The first-order chi connectivity index (χ1) is 18.5. The zero-order valence-electron chi connectivity index (χ0n) is 21.3. The molecule has 0 radical (unpaired) electrons. The van der Waals surface area contributed by atoms with E-state index in [1.807, 2.05) is 7.05 Å². The van der Waals surface area contributed by atoms with Gasteiger partial charge in [-0.2, -0.15) is 13.2 Å². The van der Waals surface area contributed by atoms with E-state index in [2.05, 4.69) is 20.4 Å². The fraction of sp³-hybridized carbons (Fsp3) is 0.407. The van der Waals surface area contributed by atoms with Crippen LogP contribution in [0, 0.1) is 0 Å². The van der Waals surface area contributed by atoms with Crippen LogP contribution in [0.15, 0.2) is 42.5 Å². The Morgan fingerprint density at radius 2 is 1.72 bits per heavy atom. The van der Waals surface area contributed by atoms with Gasteiger partial charge in [0, 0.05) is 56.0 Å². The van der Waals surface area contributed by atoms with Crippen molar-refractivity contribution in [2.24, 2.45) is 0 Å². The summed E-state index contributed by atoms with van der Waals surface area (Å²) in [6, 6.07) is 7.03. The molecule has 39 heavy (non-hydrogen) atoms. The van der Waals surface area contributed by atoms with Gasteiger partial charge in [-0.1, -0.05) is 12.1 Å². The number of nitrogens with one attached hydrogen (secondary N) is 2. The molecule has 206 valence electrons. The number of piperidine rings is 1. The van der Waals surface area contributed by atoms with Gasteiger partial charge in [-0.05, 0) is 54.9 Å². The highest BCUT2D eigenvalue weighted by molar-refractivity contribution is 6.06. The third kappa shape index (κ3) is 5.47. The second-order valence-electron chi connectivity index (χ2n) is 10.1. The molecule has 0 aromatic heterocycles. The first-order valence-corrected chi connectivity index (χ1v) is 12.7. The van der Waals surface area contributed by atoms with Crippen molar-refractivity contribution < 1.29 is 32.3 Å². The van der Waals surface area contributed by atoms with E-state index in [-0.39, 0.29) is 36.1 Å². The number of likely N-dealkylation sites (N-methyl/N-ethyl adjacent to an activating group) is 1. The van der Waals surface area contributed by atoms with Gasteiger partial charge < -0.3 is 20.0 Å². The minimum Gasteiger partial charge on any atom is -0.369 e. The maximum Gasteiger partial charge on any atom is 0.412 e. The van der Waals surface area contributed by atoms with Crippen LogP contribution < -0.4 is 15.5 Å². The van der Waals surface area contributed by atoms with E-state index in [9.17, 15) is 32.3 Å². The van der Waals surface area contributed by atoms with E-state index < -0.39 is 41.9 Å². The van der Waals surface area contributed by atoms with Crippen LogP contribution in [0.4, 0.5) is 18.9 Å². The number of hydrogen-bond acceptors (Lipinski definition) is 6. The molecule has 0 spiro atoms. The second kappa shape index (κ2) is 10.3. The molecule has 2 aromatic rings. The molecule has 3 heterocycles. The highest BCUT2D eigenvalue weighted by atomic mass is 19.4. The normalized spacial score (nSPS) is 21.0. The van der Waals surface area contributed by atoms with E-state index in [1.165, 1.54) is 35.2 Å². The first kappa shape index (κ1) is 26.7. The number of imide groups is 1. The Bertz CT molecular complexity index is 1310. The lowest BCUT2D eigenvalue weighted by Crippen LogP contribution is -2.52. The number of hydrogen-bond donors (Lipinski definition) is 2. The fourth-order valence-corrected chi connectivity index (χ4v) is 5.23. The molecule has 2 fully saturated rings. The third-order valence-electron chi connectivity index (χ3n) is 7.48. The van der Waals surface area contributed by atoms with E-state index >= 15 is 0 Å². The number of carbonyl (C=O) groups is 4. The average Bonchev–Trinajstić information content (AvgIpc) is 3.22. The topological polar surface area (TPSA) is 102 Å². The minimum atomic E-state index is -4.74. The van der Waals surface area contributed by atoms with Gasteiger partial charge in [0.05, 0.1) is 0 Å². The van der Waals surface area contributed by atoms with E-state index in [4.69, 9.17) is 0 Å². The summed E-state index contributed by atoms with van der Waals surface area (Å²) in [4.78, 5) is 55.1. The van der Waals surface area contributed by atoms with Gasteiger partial charge >= 0.3 is 6.18 Å². The molecular formula is C27H28F3N5O4. The van der Waals surface area contributed by atoms with Crippen LogP contribution in [0.3, 0.4) is 0 Å². The highest BCUT2D eigenvalue weighted by Crippen LogP contribution is 2.34. The Morgan fingerprint density at radius 3 is 2.36 bits per heavy atom. The molecule has 1 unspecified atom stereocenters. The quantitative estimate of drug-likeness (QED) is 0.561. The number of halogens is 3. The Morgan fingerprint density at radius 1 is 1.03 bits per heavy atom. The van der Waals surface area contributed by atoms with Crippen molar-refractivity contribution in [2.45, 2.75) is 37.6 Å². The van der Waals surface area contributed by atoms with E-state index in [0.29, 0.717) is 5.56 Å². The van der Waals surface area contributed by atoms with Crippen molar-refractivity contribution >= 4 is 29.3 Å². The zero-order valence-corrected chi connectivity index (χ0v) is 21.3. The number of fused-ring (bicyclic) bond motifs is 1. The second-order valence-corrected chi connectivity index (χ2v) is 10.1. The van der Waals surface area contributed by atoms with Crippen LogP contribution in [0.5, 0.6) is 0 Å². The average molecular weight is 544 g/mol. The van der Waals surface area contributed by atoms with Crippen molar-refractivity contribution in [3.8, 4) is 0 Å². The molecule has 0 bridgehead atoms. The number of rotatable bonds is 5. The largest absolute Gasteiger partial charge is 0.412 e. The van der Waals surface area contributed by atoms with Gasteiger partial charge in [0.2, 0.25) is 11.8 Å². The number of carbonyl (C=O) groups excluding carboxylic acids is 4. The lowest BCUT2D eigenvalue weighted by molar-refractivity contribution is -0.155. The molecule has 5 rings (SSSR count). The number of nitrogens with zero attached hydrogens (tertiary/aromatic N) is 3. The summed E-state index contributed by atoms with van der Waals surface area (Å²) in [5, 5.41) is 4.31. The van der Waals surface area contributed by atoms with Crippen molar-refractivity contribution in [1.82, 2.24) is 20.4 Å². The Hall–Kier alpha value is -3.93. The highest BCUT2D eigenvalue weighted by Gasteiger charge is 2.43. The molecule has 2 N–H and O–H groups in total. The van der Waals surface area contributed by atoms with Gasteiger partial charge in [-0.25, -0.2) is 0 Å². The molecule has 12 heteroatoms. The standard InChI is InChI=1S/C27H28F3N5O4/c1-33-10-12-34(13-11-33)19-5-2-16(3-6-19)23(27(28,29)30)32-24(37)17-4-7-20-18(14-17)15-35(26(20)39)21-8-9-22(36)31-25(21)38/h2-7,14,21,23H,8-13,15H2,1H3,(H,32,37)(H,31,36,38)/t21?,23-/m1/s1. The molecule has 9 nitrogen and oxygen atoms in total. The van der Waals surface area contributed by atoms with Gasteiger partial charge in [-0.3, -0.25) is 24.5 Å². The van der Waals surface area contributed by atoms with Crippen LogP contribution in [-0.2, 0) is 16.1 Å². The SMILES string of the molecule is CN1CCN(c2ccc([C@@H](NC(=O)c3ccc4c(c3)CN(C3CCC(=O)NC3=O)C4=O)C(F)(F)F)cc2)CC1. The number of piperazine rings is 1. The molecule has 0 saturated carbocycles. The lowest BCUT2D eigenvalue weighted by Gasteiger charge is -2.34. The summed E-state index contributed by atoms with van der Waals surface area (Å²) in [6.07, 6.45) is -4.46. The van der Waals surface area contributed by atoms with Gasteiger partial charge in [-0.15, -0.1) is 0 Å². The monoisotopic (exact) mass is 543 g/mol. The summed E-state index contributed by atoms with van der Waals surface area (Å²) in [5.41, 5.74) is 1.40. The number of benzene rings is 2. The third-order valence-corrected chi connectivity index (χ3v) is 7.48. The summed E-state index contributed by atoms with van der Waals surface area (Å²) in [5.74, 6) is -2.35. The van der Waals surface area contributed by atoms with Gasteiger partial charge in [0.25, 0.3) is 11.8 Å². The summed E-state index contributed by atoms with van der Waals surface area (Å²) in [7, 11) is 2.02. The fourth-order valence-electron chi connectivity index (χ4n) is 5.23. The zero-order chi connectivity index (χ0) is 27.9. The van der Waals surface area contributed by atoms with Crippen LogP contribution >= 0.6 is 0 Å². The molecular weight excluding hydrogens is 515 g/mol. The molecule has 2 atom stereocenters. The Balaban J connectivity index is 1.30. The van der Waals surface area contributed by atoms with Crippen molar-refractivity contribution in [3.63, 3.8) is 0 Å². The molecule has 2 saturated heterocycles. The Kier molecular flexibility index (Phi) is 7.06. The smallest absolute Gasteiger partial charge is 0.369 e. The number of amides is 4. The van der Waals surface area contributed by atoms with Crippen molar-refractivity contribution in [1.29, 1.82) is 0 Å². The lowest BCUT2D eigenvalue weighted by atomic mass is 10.0. The molecule has 3 aliphatic heterocycles. The van der Waals surface area contributed by atoms with E-state index in [0.717, 1.165) is 31.9 Å². The molecule has 4 amide bonds. The Labute approximate surface area is 222 Å². The van der Waals surface area contributed by atoms with Crippen LogP contribution in [0.25, 0.3) is 0 Å². The number of anilines is 1. The number of alkyl halides is 3. The maximum absolute atomic E-state index is 14.0. The van der Waals surface area contributed by atoms with Gasteiger partial charge in [0.1, 0.15) is 6.04 Å². The molecule has 2 aromatic carbocycles. The van der Waals surface area contributed by atoms with E-state index in [1.54, 1.807) is 12.1 Å². The minimum absolute atomic E-state index is 0.0119. The summed E-state index contributed by atoms with van der Waals surface area (Å²) >= 11 is 0. The predicted molar refractivity (Wildman–Crippen MR) is 135 cm³/mol. The first-order valence-electron chi connectivity index (χ1n) is 12.7. The van der Waals surface area contributed by atoms with Crippen molar-refractivity contribution in [3.05, 3.63) is 64.7 Å². The van der Waals surface area contributed by atoms with Crippen LogP contribution in [0.1, 0.15) is 50.7 Å². The predicted octanol–water partition coefficient (Wildman–Crippen LogP) is 2.23. The van der Waals surface area contributed by atoms with Crippen LogP contribution in [0.2, 0.25) is 0 Å². The summed E-state index contributed by atoms with van der Waals surface area (Å²) in [6.45, 7) is 3.29. The molecule has 0 aliphatic carbocycles.